The molecule has 5 N–H and O–H groups in total. The number of aromatic nitrogens is 2. The van der Waals surface area contributed by atoms with Gasteiger partial charge in [0, 0.05) is 0 Å². The van der Waals surface area contributed by atoms with Crippen LogP contribution in [0.4, 0.5) is 0 Å². The molecule has 1 unspecified atom stereocenters. The minimum atomic E-state index is -0.154. The van der Waals surface area contributed by atoms with E-state index in [2.05, 4.69) is 22.2 Å². The smallest absolute Gasteiger partial charge is 0.323 e. The summed E-state index contributed by atoms with van der Waals surface area (Å²) < 4.78 is 0. The van der Waals surface area contributed by atoms with E-state index in [1.165, 1.54) is 5.56 Å². The highest BCUT2D eigenvalue weighted by Crippen LogP contribution is 2.10. The molecule has 0 amide bonds. The minimum absolute atomic E-state index is 0.154. The van der Waals surface area contributed by atoms with Crippen LogP contribution in [0.5, 0.6) is 0 Å². The van der Waals surface area contributed by atoms with Crippen LogP contribution in [0.15, 0.2) is 23.0 Å². The van der Waals surface area contributed by atoms with E-state index in [-0.39, 0.29) is 5.69 Å². The van der Waals surface area contributed by atoms with Crippen LogP contribution in [0.3, 0.4) is 0 Å². The first kappa shape index (κ1) is 13.8. The average Bonchev–Trinajstić information content (AvgIpc) is 2.78. The monoisotopic (exact) mass is 262 g/mol. The van der Waals surface area contributed by atoms with E-state index in [1.54, 1.807) is 0 Å². The van der Waals surface area contributed by atoms with Crippen LogP contribution in [0.1, 0.15) is 18.9 Å². The van der Waals surface area contributed by atoms with Crippen molar-refractivity contribution in [1.29, 1.82) is 0 Å². The topological polar surface area (TPSA) is 86.7 Å². The normalized spacial score (nSPS) is 12.9. The summed E-state index contributed by atoms with van der Waals surface area (Å²) in [5.41, 5.74) is 8.46. The average molecular weight is 262 g/mol. The van der Waals surface area contributed by atoms with Gasteiger partial charge in [0.2, 0.25) is 0 Å². The first-order valence-corrected chi connectivity index (χ1v) is 6.84. The molecule has 0 spiro atoms. The minimum Gasteiger partial charge on any atom is -0.330 e. The SMILES string of the molecule is CCC(CN)CNCCc1ccc2[nH]c(=O)[nH]c2c1. The summed E-state index contributed by atoms with van der Waals surface area (Å²) in [6, 6.07) is 6.01. The first-order valence-electron chi connectivity index (χ1n) is 6.84. The van der Waals surface area contributed by atoms with E-state index in [1.807, 2.05) is 18.2 Å². The van der Waals surface area contributed by atoms with Crippen LogP contribution >= 0.6 is 0 Å². The van der Waals surface area contributed by atoms with Gasteiger partial charge in [-0.1, -0.05) is 19.4 Å². The van der Waals surface area contributed by atoms with E-state index in [0.29, 0.717) is 5.92 Å². The van der Waals surface area contributed by atoms with Crippen LogP contribution in [0, 0.1) is 5.92 Å². The maximum Gasteiger partial charge on any atom is 0.323 e. The van der Waals surface area contributed by atoms with Crippen molar-refractivity contribution in [1.82, 2.24) is 15.3 Å². The molecule has 0 aliphatic carbocycles. The van der Waals surface area contributed by atoms with Crippen molar-refractivity contribution in [3.63, 3.8) is 0 Å². The van der Waals surface area contributed by atoms with Gasteiger partial charge in [0.25, 0.3) is 0 Å². The molecule has 2 rings (SSSR count). The van der Waals surface area contributed by atoms with Gasteiger partial charge in [0.15, 0.2) is 0 Å². The fourth-order valence-corrected chi connectivity index (χ4v) is 2.17. The van der Waals surface area contributed by atoms with Crippen molar-refractivity contribution < 1.29 is 0 Å². The molecule has 0 bridgehead atoms. The zero-order chi connectivity index (χ0) is 13.7. The molecule has 1 heterocycles. The van der Waals surface area contributed by atoms with Crippen LogP contribution in [0.25, 0.3) is 11.0 Å². The molecule has 2 aromatic rings. The van der Waals surface area contributed by atoms with E-state index in [9.17, 15) is 4.79 Å². The Bertz CT molecular complexity index is 568. The van der Waals surface area contributed by atoms with Crippen molar-refractivity contribution >= 4 is 11.0 Å². The molecule has 0 saturated heterocycles. The molecule has 0 fully saturated rings. The van der Waals surface area contributed by atoms with Crippen molar-refractivity contribution in [3.8, 4) is 0 Å². The van der Waals surface area contributed by atoms with E-state index >= 15 is 0 Å². The molecule has 1 atom stereocenters. The lowest BCUT2D eigenvalue weighted by molar-refractivity contribution is 0.474. The molecule has 1 aromatic carbocycles. The number of hydrogen-bond donors (Lipinski definition) is 4. The van der Waals surface area contributed by atoms with Gasteiger partial charge in [-0.25, -0.2) is 4.79 Å². The van der Waals surface area contributed by atoms with E-state index < -0.39 is 0 Å². The summed E-state index contributed by atoms with van der Waals surface area (Å²) in [7, 11) is 0. The lowest BCUT2D eigenvalue weighted by atomic mass is 10.1. The molecular weight excluding hydrogens is 240 g/mol. The van der Waals surface area contributed by atoms with Crippen LogP contribution in [-0.2, 0) is 6.42 Å². The van der Waals surface area contributed by atoms with Crippen LogP contribution in [0.2, 0.25) is 0 Å². The fourth-order valence-electron chi connectivity index (χ4n) is 2.17. The third-order valence-corrected chi connectivity index (χ3v) is 3.51. The van der Waals surface area contributed by atoms with Gasteiger partial charge < -0.3 is 21.0 Å². The predicted molar refractivity (Wildman–Crippen MR) is 78.3 cm³/mol. The Balaban J connectivity index is 1.86. The number of nitrogens with one attached hydrogen (secondary N) is 3. The van der Waals surface area contributed by atoms with Gasteiger partial charge >= 0.3 is 5.69 Å². The van der Waals surface area contributed by atoms with Crippen LogP contribution in [-0.4, -0.2) is 29.6 Å². The summed E-state index contributed by atoms with van der Waals surface area (Å²) in [5.74, 6) is 0.559. The third-order valence-electron chi connectivity index (χ3n) is 3.51. The Morgan fingerprint density at radius 3 is 2.84 bits per heavy atom. The summed E-state index contributed by atoms with van der Waals surface area (Å²) in [4.78, 5) is 16.7. The Morgan fingerprint density at radius 2 is 2.11 bits per heavy atom. The van der Waals surface area contributed by atoms with Gasteiger partial charge in [-0.3, -0.25) is 0 Å². The lowest BCUT2D eigenvalue weighted by Crippen LogP contribution is -2.29. The largest absolute Gasteiger partial charge is 0.330 e. The van der Waals surface area contributed by atoms with E-state index in [0.717, 1.165) is 43.5 Å². The second-order valence-electron chi connectivity index (χ2n) is 4.92. The van der Waals surface area contributed by atoms with Gasteiger partial charge in [-0.05, 0) is 49.7 Å². The standard InChI is InChI=1S/C14H22N4O/c1-2-10(8-15)9-16-6-5-11-3-4-12-13(7-11)18-14(19)17-12/h3-4,7,10,16H,2,5-6,8-9,15H2,1H3,(H2,17,18,19). The summed E-state index contributed by atoms with van der Waals surface area (Å²) in [6.07, 6.45) is 2.06. The number of hydrogen-bond acceptors (Lipinski definition) is 3. The molecule has 0 radical (unpaired) electrons. The quantitative estimate of drug-likeness (QED) is 0.561. The number of imidazole rings is 1. The van der Waals surface area contributed by atoms with Gasteiger partial charge in [-0.2, -0.15) is 0 Å². The molecule has 0 saturated carbocycles. The van der Waals surface area contributed by atoms with Crippen molar-refractivity contribution in [3.05, 3.63) is 34.2 Å². The maximum absolute atomic E-state index is 11.2. The number of rotatable bonds is 7. The van der Waals surface area contributed by atoms with Crippen molar-refractivity contribution in [2.45, 2.75) is 19.8 Å². The molecule has 0 aliphatic rings. The predicted octanol–water partition coefficient (Wildman–Crippen LogP) is 0.973. The highest BCUT2D eigenvalue weighted by molar-refractivity contribution is 5.74. The molecule has 19 heavy (non-hydrogen) atoms. The second-order valence-corrected chi connectivity index (χ2v) is 4.92. The Labute approximate surface area is 112 Å². The highest BCUT2D eigenvalue weighted by atomic mass is 16.1. The molecule has 1 aromatic heterocycles. The number of aromatic amines is 2. The molecule has 5 heteroatoms. The molecule has 104 valence electrons. The number of nitrogens with two attached hydrogens (primary N) is 1. The summed E-state index contributed by atoms with van der Waals surface area (Å²) in [5, 5.41) is 3.43. The number of fused-ring (bicyclic) bond motifs is 1. The third kappa shape index (κ3) is 3.68. The molecular formula is C14H22N4O. The van der Waals surface area contributed by atoms with Crippen LogP contribution < -0.4 is 16.7 Å². The first-order chi connectivity index (χ1) is 9.22. The Morgan fingerprint density at radius 1 is 1.32 bits per heavy atom. The summed E-state index contributed by atoms with van der Waals surface area (Å²) >= 11 is 0. The fraction of sp³-hybridized carbons (Fsp3) is 0.500. The van der Waals surface area contributed by atoms with Gasteiger partial charge in [0.05, 0.1) is 11.0 Å². The highest BCUT2D eigenvalue weighted by Gasteiger charge is 2.03. The lowest BCUT2D eigenvalue weighted by Gasteiger charge is -2.12. The molecule has 0 aliphatic heterocycles. The number of benzene rings is 1. The Kier molecular flexibility index (Phi) is 4.76. The molecule has 5 nitrogen and oxygen atoms in total. The zero-order valence-electron chi connectivity index (χ0n) is 11.3. The zero-order valence-corrected chi connectivity index (χ0v) is 11.3. The number of H-pyrrole nitrogens is 2. The van der Waals surface area contributed by atoms with Gasteiger partial charge in [0.1, 0.15) is 0 Å². The summed E-state index contributed by atoms with van der Waals surface area (Å²) in [6.45, 7) is 4.79. The van der Waals surface area contributed by atoms with E-state index in [4.69, 9.17) is 5.73 Å². The van der Waals surface area contributed by atoms with Gasteiger partial charge in [-0.15, -0.1) is 0 Å². The van der Waals surface area contributed by atoms with Crippen molar-refractivity contribution in [2.75, 3.05) is 19.6 Å². The second kappa shape index (κ2) is 6.54. The maximum atomic E-state index is 11.2. The van der Waals surface area contributed by atoms with Crippen molar-refractivity contribution in [2.24, 2.45) is 11.7 Å². The Hall–Kier alpha value is -1.59.